The number of carbonyl (C=O) groups is 1. The summed E-state index contributed by atoms with van der Waals surface area (Å²) in [5.41, 5.74) is 3.03. The zero-order valence-corrected chi connectivity index (χ0v) is 14.3. The van der Waals surface area contributed by atoms with Crippen molar-refractivity contribution in [2.24, 2.45) is 0 Å². The molecule has 0 atom stereocenters. The third kappa shape index (κ3) is 3.52. The molecule has 0 unspecified atom stereocenters. The first kappa shape index (κ1) is 16.5. The predicted octanol–water partition coefficient (Wildman–Crippen LogP) is 3.07. The molecule has 3 N–H and O–H groups in total. The van der Waals surface area contributed by atoms with Crippen LogP contribution < -0.4 is 15.4 Å². The lowest BCUT2D eigenvalue weighted by molar-refractivity contribution is 0.262. The number of nitrogens with one attached hydrogen (secondary N) is 3. The molecule has 134 valence electrons. The first-order chi connectivity index (χ1) is 13.2. The fraction of sp³-hybridized carbons (Fsp3) is 0.0556. The molecule has 0 aliphatic rings. The van der Waals surface area contributed by atoms with E-state index in [1.165, 1.54) is 0 Å². The monoisotopic (exact) mass is 361 g/mol. The van der Waals surface area contributed by atoms with Gasteiger partial charge in [0.15, 0.2) is 11.3 Å². The van der Waals surface area contributed by atoms with Crippen LogP contribution in [0.4, 0.5) is 16.3 Å². The van der Waals surface area contributed by atoms with E-state index in [-0.39, 0.29) is 0 Å². The van der Waals surface area contributed by atoms with Crippen molar-refractivity contribution in [3.63, 3.8) is 0 Å². The molecule has 4 rings (SSSR count). The molecule has 0 spiro atoms. The molecule has 0 radical (unpaired) electrons. The van der Waals surface area contributed by atoms with Crippen LogP contribution in [-0.4, -0.2) is 38.3 Å². The fourth-order valence-corrected chi connectivity index (χ4v) is 2.49. The zero-order valence-electron chi connectivity index (χ0n) is 14.3. The normalized spacial score (nSPS) is 10.6. The van der Waals surface area contributed by atoms with E-state index in [4.69, 9.17) is 4.74 Å². The minimum absolute atomic E-state index is 0.361. The lowest BCUT2D eigenvalue weighted by Gasteiger charge is -2.06. The average molecular weight is 361 g/mol. The molecule has 1 aromatic carbocycles. The van der Waals surface area contributed by atoms with Gasteiger partial charge in [-0.2, -0.15) is 5.10 Å². The Bertz CT molecular complexity index is 1080. The van der Waals surface area contributed by atoms with Crippen LogP contribution in [0.1, 0.15) is 0 Å². The van der Waals surface area contributed by atoms with Gasteiger partial charge in [0.25, 0.3) is 0 Å². The number of carbonyl (C=O) groups excluding carboxylic acids is 1. The van der Waals surface area contributed by atoms with Crippen LogP contribution >= 0.6 is 0 Å². The van der Waals surface area contributed by atoms with Crippen LogP contribution in [0.25, 0.3) is 22.4 Å². The van der Waals surface area contributed by atoms with E-state index in [9.17, 15) is 4.79 Å². The van der Waals surface area contributed by atoms with Gasteiger partial charge in [-0.3, -0.25) is 15.4 Å². The maximum atomic E-state index is 12.2. The number of hydrogen-bond donors (Lipinski definition) is 3. The van der Waals surface area contributed by atoms with Crippen molar-refractivity contribution in [2.45, 2.75) is 0 Å². The van der Waals surface area contributed by atoms with Gasteiger partial charge < -0.3 is 10.1 Å². The molecule has 3 aromatic heterocycles. The first-order valence-electron chi connectivity index (χ1n) is 8.06. The molecular weight excluding hydrogens is 346 g/mol. The molecule has 0 aliphatic carbocycles. The van der Waals surface area contributed by atoms with Gasteiger partial charge in [0.2, 0.25) is 5.65 Å². The summed E-state index contributed by atoms with van der Waals surface area (Å²) < 4.78 is 5.17. The van der Waals surface area contributed by atoms with E-state index in [2.05, 4.69) is 35.8 Å². The van der Waals surface area contributed by atoms with E-state index in [0.717, 1.165) is 11.3 Å². The van der Waals surface area contributed by atoms with Crippen LogP contribution in [0, 0.1) is 0 Å². The zero-order chi connectivity index (χ0) is 18.6. The van der Waals surface area contributed by atoms with Crippen LogP contribution in [0.15, 0.2) is 55.0 Å². The Morgan fingerprint density at radius 3 is 2.59 bits per heavy atom. The Morgan fingerprint density at radius 1 is 1.07 bits per heavy atom. The molecule has 0 fully saturated rings. The number of amides is 2. The summed E-state index contributed by atoms with van der Waals surface area (Å²) in [6, 6.07) is 10.4. The molecule has 9 nitrogen and oxygen atoms in total. The second-order valence-electron chi connectivity index (χ2n) is 5.57. The number of ether oxygens (including phenoxy) is 1. The van der Waals surface area contributed by atoms with E-state index < -0.39 is 6.03 Å². The summed E-state index contributed by atoms with van der Waals surface area (Å²) in [4.78, 5) is 25.0. The molecular formula is C18H15N7O2. The van der Waals surface area contributed by atoms with E-state index >= 15 is 0 Å². The largest absolute Gasteiger partial charge is 0.497 e. The number of H-pyrrole nitrogens is 1. The van der Waals surface area contributed by atoms with Gasteiger partial charge in [-0.25, -0.2) is 14.8 Å². The molecule has 2 amide bonds. The van der Waals surface area contributed by atoms with E-state index in [1.807, 2.05) is 24.3 Å². The lowest BCUT2D eigenvalue weighted by atomic mass is 10.1. The first-order valence-corrected chi connectivity index (χ1v) is 8.06. The smallest absolute Gasteiger partial charge is 0.324 e. The number of urea groups is 1. The fourth-order valence-electron chi connectivity index (χ4n) is 2.49. The van der Waals surface area contributed by atoms with Gasteiger partial charge >= 0.3 is 6.03 Å². The number of hydrogen-bond acceptors (Lipinski definition) is 6. The molecule has 3 heterocycles. The number of anilines is 2. The standard InChI is InChI=1S/C18H15N7O2/c1-27-13-4-2-11(3-5-13)14-10-20-16-15(22-14)17(25-24-16)23-18(26)21-12-6-8-19-9-7-12/h2-10H,1H3,(H3,19,20,21,23,24,25,26). The highest BCUT2D eigenvalue weighted by Crippen LogP contribution is 2.24. The van der Waals surface area contributed by atoms with Gasteiger partial charge in [-0.15, -0.1) is 0 Å². The molecule has 0 bridgehead atoms. The predicted molar refractivity (Wildman–Crippen MR) is 101 cm³/mol. The van der Waals surface area contributed by atoms with Crippen molar-refractivity contribution < 1.29 is 9.53 Å². The van der Waals surface area contributed by atoms with Crippen molar-refractivity contribution in [1.29, 1.82) is 0 Å². The summed E-state index contributed by atoms with van der Waals surface area (Å²) in [6.07, 6.45) is 4.81. The van der Waals surface area contributed by atoms with E-state index in [0.29, 0.717) is 28.4 Å². The summed E-state index contributed by atoms with van der Waals surface area (Å²) in [6.45, 7) is 0. The maximum absolute atomic E-state index is 12.2. The SMILES string of the molecule is COc1ccc(-c2cnc3n[nH]c(NC(=O)Nc4ccncc4)c3n2)cc1. The summed E-state index contributed by atoms with van der Waals surface area (Å²) in [5.74, 6) is 1.12. The summed E-state index contributed by atoms with van der Waals surface area (Å²) in [5, 5.41) is 12.2. The lowest BCUT2D eigenvalue weighted by Crippen LogP contribution is -2.19. The van der Waals surface area contributed by atoms with Crippen LogP contribution in [0.2, 0.25) is 0 Å². The van der Waals surface area contributed by atoms with Crippen molar-refractivity contribution >= 4 is 28.7 Å². The van der Waals surface area contributed by atoms with Crippen LogP contribution in [-0.2, 0) is 0 Å². The van der Waals surface area contributed by atoms with E-state index in [1.54, 1.807) is 37.8 Å². The van der Waals surface area contributed by atoms with Crippen LogP contribution in [0.5, 0.6) is 5.75 Å². The molecule has 0 saturated heterocycles. The number of fused-ring (bicyclic) bond motifs is 1. The Labute approximate surface area is 153 Å². The summed E-state index contributed by atoms with van der Waals surface area (Å²) >= 11 is 0. The molecule has 0 aliphatic heterocycles. The number of pyridine rings is 1. The Kier molecular flexibility index (Phi) is 4.32. The number of benzene rings is 1. The third-order valence-corrected chi connectivity index (χ3v) is 3.83. The van der Waals surface area contributed by atoms with Gasteiger partial charge in [-0.05, 0) is 36.4 Å². The number of nitrogens with zero attached hydrogens (tertiary/aromatic N) is 4. The quantitative estimate of drug-likeness (QED) is 0.514. The van der Waals surface area contributed by atoms with Crippen molar-refractivity contribution in [1.82, 2.24) is 25.1 Å². The van der Waals surface area contributed by atoms with Crippen molar-refractivity contribution in [2.75, 3.05) is 17.7 Å². The minimum atomic E-state index is -0.427. The number of aromatic nitrogens is 5. The highest BCUT2D eigenvalue weighted by Gasteiger charge is 2.13. The number of aromatic amines is 1. The molecule has 0 saturated carbocycles. The summed E-state index contributed by atoms with van der Waals surface area (Å²) in [7, 11) is 1.61. The Balaban J connectivity index is 1.59. The third-order valence-electron chi connectivity index (χ3n) is 3.83. The van der Waals surface area contributed by atoms with Gasteiger partial charge in [0, 0.05) is 23.6 Å². The number of methoxy groups -OCH3 is 1. The highest BCUT2D eigenvalue weighted by molar-refractivity contribution is 6.03. The minimum Gasteiger partial charge on any atom is -0.497 e. The molecule has 27 heavy (non-hydrogen) atoms. The molecule has 9 heteroatoms. The van der Waals surface area contributed by atoms with Gasteiger partial charge in [0.05, 0.1) is 19.0 Å². The van der Waals surface area contributed by atoms with Gasteiger partial charge in [0.1, 0.15) is 5.75 Å². The number of rotatable bonds is 4. The van der Waals surface area contributed by atoms with Crippen molar-refractivity contribution in [3.05, 3.63) is 55.0 Å². The Morgan fingerprint density at radius 2 is 1.85 bits per heavy atom. The second-order valence-corrected chi connectivity index (χ2v) is 5.57. The second kappa shape index (κ2) is 7.08. The van der Waals surface area contributed by atoms with Crippen molar-refractivity contribution in [3.8, 4) is 17.0 Å². The topological polar surface area (TPSA) is 118 Å². The maximum Gasteiger partial charge on any atom is 0.324 e. The van der Waals surface area contributed by atoms with Gasteiger partial charge in [-0.1, -0.05) is 0 Å². The Hall–Kier alpha value is -4.01. The molecule has 4 aromatic rings. The highest BCUT2D eigenvalue weighted by atomic mass is 16.5. The average Bonchev–Trinajstić information content (AvgIpc) is 3.10. The van der Waals surface area contributed by atoms with Crippen LogP contribution in [0.3, 0.4) is 0 Å².